The molecule has 3 N–H and O–H groups in total. The number of aromatic nitrogens is 2. The first-order valence-electron chi connectivity index (χ1n) is 7.86. The zero-order valence-electron chi connectivity index (χ0n) is 14.7. The van der Waals surface area contributed by atoms with Crippen LogP contribution in [0, 0.1) is 17.0 Å². The first-order valence-corrected chi connectivity index (χ1v) is 7.86. The summed E-state index contributed by atoms with van der Waals surface area (Å²) in [6.45, 7) is 5.77. The van der Waals surface area contributed by atoms with E-state index in [1.165, 1.54) is 4.68 Å². The van der Waals surface area contributed by atoms with Crippen molar-refractivity contribution in [2.45, 2.75) is 33.4 Å². The molecule has 0 atom stereocenters. The molecule has 1 heterocycles. The van der Waals surface area contributed by atoms with E-state index in [1.807, 2.05) is 26.0 Å². The second-order valence-electron chi connectivity index (χ2n) is 5.97. The van der Waals surface area contributed by atoms with E-state index in [2.05, 4.69) is 21.0 Å². The number of hydrogen-bond donors (Lipinski definition) is 3. The highest BCUT2D eigenvalue weighted by atomic mass is 16.6. The van der Waals surface area contributed by atoms with Gasteiger partial charge in [0.05, 0.1) is 4.92 Å². The molecule has 134 valence electrons. The van der Waals surface area contributed by atoms with Crippen molar-refractivity contribution < 1.29 is 9.72 Å². The lowest BCUT2D eigenvalue weighted by Gasteiger charge is -2.11. The summed E-state index contributed by atoms with van der Waals surface area (Å²) in [4.78, 5) is 22.4. The highest BCUT2D eigenvalue weighted by Crippen LogP contribution is 2.27. The van der Waals surface area contributed by atoms with E-state index in [-0.39, 0.29) is 17.8 Å². The monoisotopic (exact) mass is 346 g/mol. The third kappa shape index (κ3) is 4.69. The molecule has 2 rings (SSSR count). The van der Waals surface area contributed by atoms with E-state index in [1.54, 1.807) is 26.1 Å². The molecule has 0 saturated heterocycles. The third-order valence-electron chi connectivity index (χ3n) is 3.46. The van der Waals surface area contributed by atoms with Gasteiger partial charge in [-0.05, 0) is 38.5 Å². The Bertz CT molecular complexity index is 767. The van der Waals surface area contributed by atoms with Gasteiger partial charge in [-0.15, -0.1) is 0 Å². The second kappa shape index (κ2) is 7.65. The van der Waals surface area contributed by atoms with Crippen molar-refractivity contribution in [1.29, 1.82) is 0 Å². The van der Waals surface area contributed by atoms with Crippen LogP contribution in [0.4, 0.5) is 22.0 Å². The Morgan fingerprint density at radius 3 is 2.52 bits per heavy atom. The number of nitro groups is 1. The Morgan fingerprint density at radius 1 is 1.32 bits per heavy atom. The highest BCUT2D eigenvalue weighted by molar-refractivity contribution is 5.89. The molecule has 1 aromatic carbocycles. The molecule has 0 spiro atoms. The number of nitrogens with one attached hydrogen (secondary N) is 3. The van der Waals surface area contributed by atoms with E-state index in [0.717, 1.165) is 5.56 Å². The zero-order valence-corrected chi connectivity index (χ0v) is 14.7. The van der Waals surface area contributed by atoms with Gasteiger partial charge < -0.3 is 16.0 Å². The van der Waals surface area contributed by atoms with Crippen molar-refractivity contribution >= 4 is 23.2 Å². The molecule has 0 saturated carbocycles. The minimum atomic E-state index is -0.439. The van der Waals surface area contributed by atoms with Crippen molar-refractivity contribution in [3.05, 3.63) is 45.6 Å². The van der Waals surface area contributed by atoms with E-state index < -0.39 is 4.92 Å². The summed E-state index contributed by atoms with van der Waals surface area (Å²) in [6.07, 6.45) is 0. The molecule has 0 aliphatic heterocycles. The number of carbonyl (C=O) groups excluding carboxylic acids is 1. The van der Waals surface area contributed by atoms with Gasteiger partial charge in [-0.3, -0.25) is 10.1 Å². The number of benzene rings is 1. The maximum Gasteiger partial charge on any atom is 0.333 e. The van der Waals surface area contributed by atoms with Crippen LogP contribution in [0.5, 0.6) is 0 Å². The van der Waals surface area contributed by atoms with Crippen LogP contribution in [0.2, 0.25) is 0 Å². The summed E-state index contributed by atoms with van der Waals surface area (Å²) in [6, 6.07) is 7.03. The van der Waals surface area contributed by atoms with Crippen LogP contribution in [-0.2, 0) is 13.6 Å². The standard InChI is InChI=1S/C16H22N6O3/c1-10(2)18-16(23)19-13-7-5-12(6-8-13)9-17-15-14(22(24)25)11(3)20-21(15)4/h5-8,10,17H,9H2,1-4H3,(H2,18,19,23). The fraction of sp³-hybridized carbons (Fsp3) is 0.375. The Labute approximate surface area is 145 Å². The number of carbonyl (C=O) groups is 1. The number of hydrogen-bond acceptors (Lipinski definition) is 5. The number of amides is 2. The first kappa shape index (κ1) is 18.2. The predicted molar refractivity (Wildman–Crippen MR) is 95.7 cm³/mol. The molecule has 0 unspecified atom stereocenters. The molecule has 0 aliphatic rings. The number of anilines is 2. The average molecular weight is 346 g/mol. The molecule has 1 aromatic heterocycles. The number of aryl methyl sites for hydroxylation is 2. The summed E-state index contributed by atoms with van der Waals surface area (Å²) in [5, 5.41) is 23.8. The summed E-state index contributed by atoms with van der Waals surface area (Å²) >= 11 is 0. The molecule has 0 fully saturated rings. The lowest BCUT2D eigenvalue weighted by Crippen LogP contribution is -2.34. The van der Waals surface area contributed by atoms with Gasteiger partial charge >= 0.3 is 11.7 Å². The van der Waals surface area contributed by atoms with Crippen LogP contribution in [0.3, 0.4) is 0 Å². The molecule has 2 amide bonds. The Hall–Kier alpha value is -3.10. The van der Waals surface area contributed by atoms with Crippen LogP contribution >= 0.6 is 0 Å². The molecule has 0 aliphatic carbocycles. The van der Waals surface area contributed by atoms with Crippen molar-refractivity contribution in [3.63, 3.8) is 0 Å². The predicted octanol–water partition coefficient (Wildman–Crippen LogP) is 2.78. The maximum atomic E-state index is 11.7. The summed E-state index contributed by atoms with van der Waals surface area (Å²) in [7, 11) is 1.66. The van der Waals surface area contributed by atoms with E-state index in [0.29, 0.717) is 23.7 Å². The Kier molecular flexibility index (Phi) is 5.58. The average Bonchev–Trinajstić information content (AvgIpc) is 2.79. The van der Waals surface area contributed by atoms with Crippen LogP contribution in [-0.4, -0.2) is 26.8 Å². The topological polar surface area (TPSA) is 114 Å². The smallest absolute Gasteiger partial charge is 0.333 e. The largest absolute Gasteiger partial charge is 0.360 e. The van der Waals surface area contributed by atoms with Gasteiger partial charge in [0.2, 0.25) is 5.82 Å². The van der Waals surface area contributed by atoms with Crippen LogP contribution in [0.15, 0.2) is 24.3 Å². The summed E-state index contributed by atoms with van der Waals surface area (Å²) in [5.41, 5.74) is 1.93. The van der Waals surface area contributed by atoms with Crippen molar-refractivity contribution in [2.24, 2.45) is 7.05 Å². The number of rotatable bonds is 6. The SMILES string of the molecule is Cc1nn(C)c(NCc2ccc(NC(=O)NC(C)C)cc2)c1[N+](=O)[O-]. The third-order valence-corrected chi connectivity index (χ3v) is 3.46. The van der Waals surface area contributed by atoms with E-state index >= 15 is 0 Å². The first-order chi connectivity index (χ1) is 11.8. The summed E-state index contributed by atoms with van der Waals surface area (Å²) in [5.74, 6) is 0.362. The van der Waals surface area contributed by atoms with Crippen molar-refractivity contribution in [2.75, 3.05) is 10.6 Å². The molecule has 9 heteroatoms. The van der Waals surface area contributed by atoms with Gasteiger partial charge in [0, 0.05) is 25.3 Å². The fourth-order valence-corrected chi connectivity index (χ4v) is 2.38. The molecule has 0 bridgehead atoms. The second-order valence-corrected chi connectivity index (χ2v) is 5.97. The van der Waals surface area contributed by atoms with Crippen LogP contribution in [0.1, 0.15) is 25.1 Å². The van der Waals surface area contributed by atoms with E-state index in [9.17, 15) is 14.9 Å². The minimum absolute atomic E-state index is 0.0221. The normalized spacial score (nSPS) is 10.6. The van der Waals surface area contributed by atoms with Gasteiger partial charge in [-0.2, -0.15) is 5.10 Å². The van der Waals surface area contributed by atoms with Crippen LogP contribution < -0.4 is 16.0 Å². The van der Waals surface area contributed by atoms with Crippen molar-refractivity contribution in [3.8, 4) is 0 Å². The molecule has 25 heavy (non-hydrogen) atoms. The van der Waals surface area contributed by atoms with Gasteiger partial charge in [-0.1, -0.05) is 12.1 Å². The number of nitrogens with zero attached hydrogens (tertiary/aromatic N) is 3. The highest BCUT2D eigenvalue weighted by Gasteiger charge is 2.23. The minimum Gasteiger partial charge on any atom is -0.360 e. The van der Waals surface area contributed by atoms with Gasteiger partial charge in [0.25, 0.3) is 0 Å². The maximum absolute atomic E-state index is 11.7. The molecule has 9 nitrogen and oxygen atoms in total. The molecule has 0 radical (unpaired) electrons. The van der Waals surface area contributed by atoms with Crippen molar-refractivity contribution in [1.82, 2.24) is 15.1 Å². The van der Waals surface area contributed by atoms with E-state index in [4.69, 9.17) is 0 Å². The lowest BCUT2D eigenvalue weighted by molar-refractivity contribution is -0.384. The number of urea groups is 1. The Balaban J connectivity index is 2.01. The molecular formula is C16H22N6O3. The molecule has 2 aromatic rings. The molecular weight excluding hydrogens is 324 g/mol. The van der Waals surface area contributed by atoms with Gasteiger partial charge in [0.1, 0.15) is 5.69 Å². The van der Waals surface area contributed by atoms with Crippen LogP contribution in [0.25, 0.3) is 0 Å². The van der Waals surface area contributed by atoms with Gasteiger partial charge in [0.15, 0.2) is 0 Å². The Morgan fingerprint density at radius 2 is 1.96 bits per heavy atom. The summed E-state index contributed by atoms with van der Waals surface area (Å²) < 4.78 is 1.46. The zero-order chi connectivity index (χ0) is 18.6. The fourth-order valence-electron chi connectivity index (χ4n) is 2.38. The quantitative estimate of drug-likeness (QED) is 0.550. The lowest BCUT2D eigenvalue weighted by atomic mass is 10.2. The van der Waals surface area contributed by atoms with Gasteiger partial charge in [-0.25, -0.2) is 9.48 Å².